The molecule has 0 spiro atoms. The van der Waals surface area contributed by atoms with Gasteiger partial charge in [0, 0.05) is 5.75 Å². The molecule has 0 aromatic heterocycles. The van der Waals surface area contributed by atoms with Gasteiger partial charge >= 0.3 is 0 Å². The van der Waals surface area contributed by atoms with Crippen LogP contribution >= 0.6 is 11.8 Å². The second-order valence-corrected chi connectivity index (χ2v) is 15.9. The summed E-state index contributed by atoms with van der Waals surface area (Å²) in [5, 5.41) is 0. The van der Waals surface area contributed by atoms with Gasteiger partial charge in [-0.05, 0) is 26.0 Å². The molecule has 0 amide bonds. The molecule has 0 aliphatic carbocycles. The Morgan fingerprint density at radius 2 is 1.04 bits per heavy atom. The second-order valence-electron chi connectivity index (χ2n) is 9.09. The van der Waals surface area contributed by atoms with Crippen molar-refractivity contribution in [1.82, 2.24) is 0 Å². The van der Waals surface area contributed by atoms with Crippen LogP contribution in [0.15, 0.2) is 0 Å². The van der Waals surface area contributed by atoms with E-state index in [1.54, 1.807) is 6.04 Å². The SMILES string of the molecule is CC[Si](CC)(CC)CCCCCCCCCCCCCCSCCOC(C)C. The summed E-state index contributed by atoms with van der Waals surface area (Å²) in [4.78, 5) is 0. The van der Waals surface area contributed by atoms with Crippen LogP contribution in [0, 0.1) is 0 Å². The summed E-state index contributed by atoms with van der Waals surface area (Å²) in [5.74, 6) is 2.48. The third-order valence-corrected chi connectivity index (χ3v) is 13.6. The van der Waals surface area contributed by atoms with Gasteiger partial charge in [-0.3, -0.25) is 0 Å². The van der Waals surface area contributed by atoms with E-state index in [1.165, 1.54) is 101 Å². The Kier molecular flexibility index (Phi) is 21.2. The highest BCUT2D eigenvalue weighted by Gasteiger charge is 2.25. The average molecular weight is 431 g/mol. The molecule has 0 aromatic rings. The molecule has 1 nitrogen and oxygen atoms in total. The molecule has 0 aliphatic rings. The lowest BCUT2D eigenvalue weighted by molar-refractivity contribution is 0.0920. The van der Waals surface area contributed by atoms with Crippen LogP contribution < -0.4 is 0 Å². The van der Waals surface area contributed by atoms with Crippen molar-refractivity contribution in [3.05, 3.63) is 0 Å². The minimum Gasteiger partial charge on any atom is -0.378 e. The van der Waals surface area contributed by atoms with Gasteiger partial charge in [-0.2, -0.15) is 11.8 Å². The van der Waals surface area contributed by atoms with Gasteiger partial charge in [0.05, 0.1) is 20.8 Å². The number of rotatable bonds is 22. The lowest BCUT2D eigenvalue weighted by Crippen LogP contribution is -2.30. The lowest BCUT2D eigenvalue weighted by Gasteiger charge is -2.28. The summed E-state index contributed by atoms with van der Waals surface area (Å²) in [6.45, 7) is 12.5. The predicted octanol–water partition coefficient (Wildman–Crippen LogP) is 9.33. The quantitative estimate of drug-likeness (QED) is 0.125. The van der Waals surface area contributed by atoms with E-state index in [1.807, 2.05) is 0 Å². The van der Waals surface area contributed by atoms with Gasteiger partial charge < -0.3 is 4.74 Å². The molecule has 0 radical (unpaired) electrons. The average Bonchev–Trinajstić information content (AvgIpc) is 2.70. The molecule has 0 heterocycles. The van der Waals surface area contributed by atoms with Gasteiger partial charge in [0.25, 0.3) is 0 Å². The fourth-order valence-electron chi connectivity index (χ4n) is 4.20. The summed E-state index contributed by atoms with van der Waals surface area (Å²) in [5.41, 5.74) is 0. The molecule has 0 saturated carbocycles. The molecule has 0 N–H and O–H groups in total. The molecule has 0 aromatic carbocycles. The highest BCUT2D eigenvalue weighted by atomic mass is 32.2. The maximum Gasteiger partial charge on any atom is 0.0560 e. The van der Waals surface area contributed by atoms with Crippen molar-refractivity contribution < 1.29 is 4.74 Å². The molecular formula is C25H54OSSi. The predicted molar refractivity (Wildman–Crippen MR) is 136 cm³/mol. The number of thioether (sulfide) groups is 1. The standard InChI is InChI=1S/C25H54OSSi/c1-6-28(7-2,8-3)24-20-18-16-14-12-10-9-11-13-15-17-19-22-27-23-21-26-25(4)5/h25H,6-24H2,1-5H3. The van der Waals surface area contributed by atoms with Crippen LogP contribution in [0.4, 0.5) is 0 Å². The molecule has 0 rings (SSSR count). The zero-order chi connectivity index (χ0) is 20.9. The van der Waals surface area contributed by atoms with Crippen LogP contribution in [0.5, 0.6) is 0 Å². The smallest absolute Gasteiger partial charge is 0.0560 e. The maximum atomic E-state index is 5.57. The van der Waals surface area contributed by atoms with Crippen molar-refractivity contribution in [3.8, 4) is 0 Å². The van der Waals surface area contributed by atoms with Gasteiger partial charge in [0.15, 0.2) is 0 Å². The molecule has 0 fully saturated rings. The number of hydrogen-bond donors (Lipinski definition) is 0. The van der Waals surface area contributed by atoms with Crippen LogP contribution in [0.1, 0.15) is 112 Å². The van der Waals surface area contributed by atoms with Crippen molar-refractivity contribution >= 4 is 19.8 Å². The number of unbranched alkanes of at least 4 members (excludes halogenated alkanes) is 11. The lowest BCUT2D eigenvalue weighted by atomic mass is 10.1. The summed E-state index contributed by atoms with van der Waals surface area (Å²) >= 11 is 2.06. The first-order valence-corrected chi connectivity index (χ1v) is 16.8. The van der Waals surface area contributed by atoms with Crippen LogP contribution in [0.25, 0.3) is 0 Å². The van der Waals surface area contributed by atoms with Crippen LogP contribution in [-0.2, 0) is 4.74 Å². The van der Waals surface area contributed by atoms with Gasteiger partial charge in [0.2, 0.25) is 0 Å². The highest BCUT2D eigenvalue weighted by Crippen LogP contribution is 2.27. The zero-order valence-corrected chi connectivity index (χ0v) is 22.1. The Balaban J connectivity index is 3.20. The van der Waals surface area contributed by atoms with Crippen LogP contribution in [0.3, 0.4) is 0 Å². The van der Waals surface area contributed by atoms with Gasteiger partial charge in [-0.25, -0.2) is 0 Å². The van der Waals surface area contributed by atoms with Crippen LogP contribution in [0.2, 0.25) is 24.2 Å². The molecule has 3 heteroatoms. The molecule has 0 aliphatic heterocycles. The van der Waals surface area contributed by atoms with Crippen molar-refractivity contribution in [1.29, 1.82) is 0 Å². The zero-order valence-electron chi connectivity index (χ0n) is 20.3. The van der Waals surface area contributed by atoms with Crippen molar-refractivity contribution in [2.24, 2.45) is 0 Å². The highest BCUT2D eigenvalue weighted by molar-refractivity contribution is 7.99. The van der Waals surface area contributed by atoms with E-state index in [2.05, 4.69) is 46.4 Å². The van der Waals surface area contributed by atoms with E-state index < -0.39 is 8.07 Å². The molecule has 0 saturated heterocycles. The summed E-state index contributed by atoms with van der Waals surface area (Å²) in [6.07, 6.45) is 18.0. The van der Waals surface area contributed by atoms with E-state index in [4.69, 9.17) is 4.74 Å². The van der Waals surface area contributed by atoms with Gasteiger partial charge in [-0.1, -0.05) is 116 Å². The molecule has 28 heavy (non-hydrogen) atoms. The van der Waals surface area contributed by atoms with Crippen molar-refractivity contribution in [2.75, 3.05) is 18.1 Å². The van der Waals surface area contributed by atoms with Gasteiger partial charge in [0.1, 0.15) is 0 Å². The Hall–Kier alpha value is 0.527. The summed E-state index contributed by atoms with van der Waals surface area (Å²) < 4.78 is 5.57. The van der Waals surface area contributed by atoms with Crippen LogP contribution in [-0.4, -0.2) is 32.3 Å². The fourth-order valence-corrected chi connectivity index (χ4v) is 8.58. The molecule has 0 unspecified atom stereocenters. The van der Waals surface area contributed by atoms with E-state index in [0.717, 1.165) is 12.4 Å². The van der Waals surface area contributed by atoms with Gasteiger partial charge in [-0.15, -0.1) is 0 Å². The minimum atomic E-state index is -0.837. The third kappa shape index (κ3) is 17.4. The topological polar surface area (TPSA) is 9.23 Å². The normalized spacial score (nSPS) is 12.2. The van der Waals surface area contributed by atoms with Crippen molar-refractivity contribution in [3.63, 3.8) is 0 Å². The first kappa shape index (κ1) is 28.5. The molecule has 0 atom stereocenters. The minimum absolute atomic E-state index is 0.384. The third-order valence-electron chi connectivity index (χ3n) is 6.67. The largest absolute Gasteiger partial charge is 0.378 e. The molecule has 170 valence electrons. The van der Waals surface area contributed by atoms with E-state index in [0.29, 0.717) is 6.10 Å². The van der Waals surface area contributed by atoms with E-state index in [-0.39, 0.29) is 0 Å². The number of ether oxygens (including phenoxy) is 1. The molecular weight excluding hydrogens is 376 g/mol. The number of hydrogen-bond acceptors (Lipinski definition) is 2. The summed E-state index contributed by atoms with van der Waals surface area (Å²) in [7, 11) is -0.837. The Labute approximate surface area is 184 Å². The first-order valence-electron chi connectivity index (χ1n) is 12.8. The summed E-state index contributed by atoms with van der Waals surface area (Å²) in [6, 6.07) is 6.12. The van der Waals surface area contributed by atoms with E-state index >= 15 is 0 Å². The van der Waals surface area contributed by atoms with Crippen molar-refractivity contribution in [2.45, 2.75) is 142 Å². The molecule has 0 bridgehead atoms. The Morgan fingerprint density at radius 3 is 1.46 bits per heavy atom. The van der Waals surface area contributed by atoms with E-state index in [9.17, 15) is 0 Å². The fraction of sp³-hybridized carbons (Fsp3) is 1.00. The first-order chi connectivity index (χ1) is 13.6. The Bertz CT molecular complexity index is 297. The second kappa shape index (κ2) is 20.8. The monoisotopic (exact) mass is 430 g/mol. The Morgan fingerprint density at radius 1 is 0.607 bits per heavy atom. The maximum absolute atomic E-state index is 5.57.